The van der Waals surface area contributed by atoms with Gasteiger partial charge < -0.3 is 14.8 Å². The van der Waals surface area contributed by atoms with Gasteiger partial charge in [-0.3, -0.25) is 9.59 Å². The zero-order chi connectivity index (χ0) is 16.4. The molecule has 2 amide bonds. The van der Waals surface area contributed by atoms with Gasteiger partial charge in [0.1, 0.15) is 16.7 Å². The number of carbonyl (C=O) groups excluding carboxylic acids is 2. The van der Waals surface area contributed by atoms with Crippen LogP contribution in [0.25, 0.3) is 0 Å². The number of fused-ring (bicyclic) bond motifs is 1. The smallest absolute Gasteiger partial charge is 0.271 e. The minimum atomic E-state index is -0.253. The molecule has 1 aliphatic heterocycles. The highest BCUT2D eigenvalue weighted by molar-refractivity contribution is 6.29. The molecule has 3 heterocycles. The zero-order valence-corrected chi connectivity index (χ0v) is 13.4. The van der Waals surface area contributed by atoms with Crippen molar-refractivity contribution in [2.45, 2.75) is 26.6 Å². The summed E-state index contributed by atoms with van der Waals surface area (Å²) >= 11 is 5.72. The zero-order valence-electron chi connectivity index (χ0n) is 12.6. The molecule has 2 aromatic heterocycles. The van der Waals surface area contributed by atoms with Crippen molar-refractivity contribution in [2.75, 3.05) is 6.54 Å². The second-order valence-electron chi connectivity index (χ2n) is 5.35. The number of imidazole rings is 1. The monoisotopic (exact) mass is 333 g/mol. The Morgan fingerprint density at radius 3 is 2.87 bits per heavy atom. The van der Waals surface area contributed by atoms with E-state index in [-0.39, 0.29) is 11.8 Å². The second kappa shape index (κ2) is 6.37. The number of pyridine rings is 1. The van der Waals surface area contributed by atoms with E-state index in [0.717, 1.165) is 11.4 Å². The van der Waals surface area contributed by atoms with Crippen LogP contribution in [-0.4, -0.2) is 37.8 Å². The van der Waals surface area contributed by atoms with Crippen LogP contribution in [0.15, 0.2) is 24.5 Å². The molecule has 0 radical (unpaired) electrons. The molecule has 1 aliphatic rings. The molecule has 0 saturated heterocycles. The van der Waals surface area contributed by atoms with E-state index in [1.165, 1.54) is 6.92 Å². The first-order valence-corrected chi connectivity index (χ1v) is 7.61. The quantitative estimate of drug-likeness (QED) is 0.857. The van der Waals surface area contributed by atoms with Crippen LogP contribution in [-0.2, 0) is 24.4 Å². The number of nitrogens with one attached hydrogen (secondary N) is 1. The molecule has 7 nitrogen and oxygen atoms in total. The first-order valence-electron chi connectivity index (χ1n) is 7.23. The molecule has 0 bridgehead atoms. The van der Waals surface area contributed by atoms with Crippen LogP contribution in [0, 0.1) is 0 Å². The largest absolute Gasteiger partial charge is 0.347 e. The van der Waals surface area contributed by atoms with Gasteiger partial charge in [-0.1, -0.05) is 17.7 Å². The minimum Gasteiger partial charge on any atom is -0.347 e. The first kappa shape index (κ1) is 15.5. The lowest BCUT2D eigenvalue weighted by atomic mass is 10.3. The summed E-state index contributed by atoms with van der Waals surface area (Å²) in [6.45, 7) is 3.60. The van der Waals surface area contributed by atoms with Crippen molar-refractivity contribution in [1.82, 2.24) is 24.8 Å². The molecule has 3 rings (SSSR count). The maximum atomic E-state index is 12.2. The number of amides is 2. The Labute approximate surface area is 138 Å². The van der Waals surface area contributed by atoms with E-state index < -0.39 is 0 Å². The average Bonchev–Trinajstić information content (AvgIpc) is 2.97. The number of hydrogen-bond acceptors (Lipinski definition) is 4. The summed E-state index contributed by atoms with van der Waals surface area (Å²) in [6, 6.07) is 3.48. The van der Waals surface area contributed by atoms with Crippen molar-refractivity contribution in [3.05, 3.63) is 46.8 Å². The maximum absolute atomic E-state index is 12.2. The van der Waals surface area contributed by atoms with Crippen LogP contribution in [0.4, 0.5) is 0 Å². The standard InChI is InChI=1S/C15H16ClN5O2/c1-10(22)20-4-5-21-8-12(19-14(21)9-20)15(23)18-7-11-2-3-13(16)17-6-11/h2-3,6,8H,4-5,7,9H2,1H3,(H,18,23). The highest BCUT2D eigenvalue weighted by Crippen LogP contribution is 2.13. The molecule has 0 aliphatic carbocycles. The van der Waals surface area contributed by atoms with Gasteiger partial charge in [0.15, 0.2) is 0 Å². The lowest BCUT2D eigenvalue weighted by Gasteiger charge is -2.26. The van der Waals surface area contributed by atoms with Gasteiger partial charge in [0.05, 0.1) is 6.54 Å². The fraction of sp³-hybridized carbons (Fsp3) is 0.333. The summed E-state index contributed by atoms with van der Waals surface area (Å²) < 4.78 is 1.91. The van der Waals surface area contributed by atoms with Crippen LogP contribution in [0.3, 0.4) is 0 Å². The molecule has 23 heavy (non-hydrogen) atoms. The van der Waals surface area contributed by atoms with Gasteiger partial charge in [0.2, 0.25) is 5.91 Å². The molecule has 0 saturated carbocycles. The highest BCUT2D eigenvalue weighted by atomic mass is 35.5. The Morgan fingerprint density at radius 1 is 1.35 bits per heavy atom. The molecular formula is C15H16ClN5O2. The Hall–Kier alpha value is -2.41. The molecule has 120 valence electrons. The predicted molar refractivity (Wildman–Crippen MR) is 83.7 cm³/mol. The fourth-order valence-corrected chi connectivity index (χ4v) is 2.53. The van der Waals surface area contributed by atoms with Crippen molar-refractivity contribution in [3.63, 3.8) is 0 Å². The third kappa shape index (κ3) is 3.50. The number of carbonyl (C=O) groups is 2. The van der Waals surface area contributed by atoms with E-state index in [0.29, 0.717) is 37.0 Å². The van der Waals surface area contributed by atoms with Gasteiger partial charge in [-0.2, -0.15) is 0 Å². The number of hydrogen-bond donors (Lipinski definition) is 1. The third-order valence-electron chi connectivity index (χ3n) is 3.72. The van der Waals surface area contributed by atoms with Crippen LogP contribution >= 0.6 is 11.6 Å². The Morgan fingerprint density at radius 2 is 2.17 bits per heavy atom. The summed E-state index contributed by atoms with van der Waals surface area (Å²) in [4.78, 5) is 33.6. The van der Waals surface area contributed by atoms with E-state index in [4.69, 9.17) is 11.6 Å². The Balaban J connectivity index is 1.64. The van der Waals surface area contributed by atoms with E-state index in [2.05, 4.69) is 15.3 Å². The van der Waals surface area contributed by atoms with Crippen LogP contribution in [0.1, 0.15) is 28.8 Å². The molecule has 0 unspecified atom stereocenters. The number of halogens is 1. The van der Waals surface area contributed by atoms with Crippen LogP contribution in [0.2, 0.25) is 5.15 Å². The van der Waals surface area contributed by atoms with Crippen molar-refractivity contribution < 1.29 is 9.59 Å². The first-order chi connectivity index (χ1) is 11.0. The fourth-order valence-electron chi connectivity index (χ4n) is 2.41. The second-order valence-corrected chi connectivity index (χ2v) is 5.74. The van der Waals surface area contributed by atoms with Crippen molar-refractivity contribution in [1.29, 1.82) is 0 Å². The number of nitrogens with zero attached hydrogens (tertiary/aromatic N) is 4. The average molecular weight is 334 g/mol. The maximum Gasteiger partial charge on any atom is 0.271 e. The van der Waals surface area contributed by atoms with Gasteiger partial charge >= 0.3 is 0 Å². The van der Waals surface area contributed by atoms with Crippen LogP contribution in [0.5, 0.6) is 0 Å². The Bertz CT molecular complexity index is 741. The molecule has 0 spiro atoms. The summed E-state index contributed by atoms with van der Waals surface area (Å²) in [7, 11) is 0. The SMILES string of the molecule is CC(=O)N1CCn2cc(C(=O)NCc3ccc(Cl)nc3)nc2C1. The topological polar surface area (TPSA) is 80.1 Å². The normalized spacial score (nSPS) is 13.6. The van der Waals surface area contributed by atoms with Crippen molar-refractivity contribution in [2.24, 2.45) is 0 Å². The lowest BCUT2D eigenvalue weighted by Crippen LogP contribution is -2.36. The van der Waals surface area contributed by atoms with Gasteiger partial charge in [0.25, 0.3) is 5.91 Å². The molecule has 1 N–H and O–H groups in total. The van der Waals surface area contributed by atoms with Crippen LogP contribution < -0.4 is 5.32 Å². The van der Waals surface area contributed by atoms with Gasteiger partial charge in [-0.25, -0.2) is 9.97 Å². The lowest BCUT2D eigenvalue weighted by molar-refractivity contribution is -0.130. The molecule has 8 heteroatoms. The van der Waals surface area contributed by atoms with Gasteiger partial charge in [-0.15, -0.1) is 0 Å². The number of rotatable bonds is 3. The van der Waals surface area contributed by atoms with E-state index in [1.807, 2.05) is 4.57 Å². The summed E-state index contributed by atoms with van der Waals surface area (Å²) in [5.74, 6) is 0.487. The third-order valence-corrected chi connectivity index (χ3v) is 3.95. The highest BCUT2D eigenvalue weighted by Gasteiger charge is 2.22. The molecular weight excluding hydrogens is 318 g/mol. The summed E-state index contributed by atoms with van der Waals surface area (Å²) in [6.07, 6.45) is 3.34. The minimum absolute atomic E-state index is 0.0143. The predicted octanol–water partition coefficient (Wildman–Crippen LogP) is 1.22. The Kier molecular flexibility index (Phi) is 4.29. The van der Waals surface area contributed by atoms with Gasteiger partial charge in [-0.05, 0) is 11.6 Å². The van der Waals surface area contributed by atoms with E-state index in [9.17, 15) is 9.59 Å². The van der Waals surface area contributed by atoms with E-state index >= 15 is 0 Å². The molecule has 0 fully saturated rings. The molecule has 2 aromatic rings. The van der Waals surface area contributed by atoms with Crippen molar-refractivity contribution in [3.8, 4) is 0 Å². The van der Waals surface area contributed by atoms with Gasteiger partial charge in [0, 0.05) is 39.0 Å². The van der Waals surface area contributed by atoms with E-state index in [1.54, 1.807) is 29.4 Å². The summed E-state index contributed by atoms with van der Waals surface area (Å²) in [5.41, 5.74) is 1.21. The number of aromatic nitrogens is 3. The van der Waals surface area contributed by atoms with Crippen molar-refractivity contribution >= 4 is 23.4 Å². The summed E-state index contributed by atoms with van der Waals surface area (Å²) in [5, 5.41) is 3.21. The molecule has 0 aromatic carbocycles. The molecule has 0 atom stereocenters.